The number of hydrogen-bond donors (Lipinski definition) is 1. The van der Waals surface area contributed by atoms with E-state index in [0.717, 1.165) is 31.3 Å². The molecule has 98 valence electrons. The highest BCUT2D eigenvalue weighted by atomic mass is 14.9. The molecule has 2 heteroatoms. The van der Waals surface area contributed by atoms with Gasteiger partial charge in [-0.05, 0) is 52.0 Å². The summed E-state index contributed by atoms with van der Waals surface area (Å²) in [5, 5.41) is 12.6. The lowest BCUT2D eigenvalue weighted by Crippen LogP contribution is -2.29. The lowest BCUT2D eigenvalue weighted by atomic mass is 9.89. The molecule has 1 saturated carbocycles. The van der Waals surface area contributed by atoms with Crippen LogP contribution in [0, 0.1) is 22.7 Å². The number of nitrogens with one attached hydrogen (secondary N) is 1. The van der Waals surface area contributed by atoms with Crippen molar-refractivity contribution in [3.63, 3.8) is 0 Å². The number of hydrogen-bond acceptors (Lipinski definition) is 2. The van der Waals surface area contributed by atoms with E-state index in [9.17, 15) is 0 Å². The van der Waals surface area contributed by atoms with E-state index in [1.165, 1.54) is 32.1 Å². The molecule has 2 nitrogen and oxygen atoms in total. The van der Waals surface area contributed by atoms with Crippen molar-refractivity contribution >= 4 is 0 Å². The van der Waals surface area contributed by atoms with Crippen LogP contribution in [0.15, 0.2) is 0 Å². The number of unbranched alkanes of at least 4 members (excludes halogenated alkanes) is 1. The number of nitrogens with zero attached hydrogens (tertiary/aromatic N) is 1. The third-order valence-corrected chi connectivity index (χ3v) is 3.77. The minimum atomic E-state index is -0.141. The van der Waals surface area contributed by atoms with Crippen molar-refractivity contribution in [1.29, 1.82) is 5.26 Å². The third-order valence-electron chi connectivity index (χ3n) is 3.77. The zero-order valence-electron chi connectivity index (χ0n) is 11.8. The average molecular weight is 236 g/mol. The van der Waals surface area contributed by atoms with Crippen molar-refractivity contribution in [2.24, 2.45) is 11.3 Å². The zero-order valence-corrected chi connectivity index (χ0v) is 11.8. The molecule has 1 unspecified atom stereocenters. The van der Waals surface area contributed by atoms with Gasteiger partial charge in [0.25, 0.3) is 0 Å². The molecule has 1 atom stereocenters. The molecule has 0 saturated heterocycles. The van der Waals surface area contributed by atoms with Gasteiger partial charge in [0.15, 0.2) is 0 Å². The van der Waals surface area contributed by atoms with Gasteiger partial charge in [-0.2, -0.15) is 5.26 Å². The summed E-state index contributed by atoms with van der Waals surface area (Å²) in [5.74, 6) is 1.02. The van der Waals surface area contributed by atoms with Gasteiger partial charge < -0.3 is 5.32 Å². The van der Waals surface area contributed by atoms with Crippen LogP contribution in [0.25, 0.3) is 0 Å². The molecular formula is C15H28N2. The second-order valence-electron chi connectivity index (χ2n) is 6.19. The Balaban J connectivity index is 2.00. The fraction of sp³-hybridized carbons (Fsp3) is 0.933. The molecule has 1 rings (SSSR count). The molecule has 17 heavy (non-hydrogen) atoms. The summed E-state index contributed by atoms with van der Waals surface area (Å²) in [4.78, 5) is 0. The molecule has 0 spiro atoms. The second kappa shape index (κ2) is 7.01. The summed E-state index contributed by atoms with van der Waals surface area (Å²) in [6.07, 6.45) is 8.91. The Kier molecular flexibility index (Phi) is 5.98. The maximum atomic E-state index is 8.92. The zero-order chi connectivity index (χ0) is 12.7. The summed E-state index contributed by atoms with van der Waals surface area (Å²) >= 11 is 0. The topological polar surface area (TPSA) is 35.8 Å². The molecular weight excluding hydrogens is 208 g/mol. The van der Waals surface area contributed by atoms with Crippen molar-refractivity contribution in [2.75, 3.05) is 6.54 Å². The summed E-state index contributed by atoms with van der Waals surface area (Å²) in [6.45, 7) is 7.45. The van der Waals surface area contributed by atoms with Gasteiger partial charge in [-0.1, -0.05) is 26.2 Å². The summed E-state index contributed by atoms with van der Waals surface area (Å²) in [6, 6.07) is 3.09. The Morgan fingerprint density at radius 1 is 1.35 bits per heavy atom. The first-order valence-corrected chi connectivity index (χ1v) is 7.22. The number of nitriles is 1. The van der Waals surface area contributed by atoms with Crippen LogP contribution in [0.5, 0.6) is 0 Å². The first-order chi connectivity index (χ1) is 8.07. The Morgan fingerprint density at radius 2 is 2.06 bits per heavy atom. The van der Waals surface area contributed by atoms with Gasteiger partial charge in [0.05, 0.1) is 11.5 Å². The van der Waals surface area contributed by atoms with Crippen LogP contribution in [-0.2, 0) is 0 Å². The quantitative estimate of drug-likeness (QED) is 0.617. The van der Waals surface area contributed by atoms with E-state index in [4.69, 9.17) is 5.26 Å². The van der Waals surface area contributed by atoms with Crippen molar-refractivity contribution < 1.29 is 0 Å². The Labute approximate surface area is 107 Å². The van der Waals surface area contributed by atoms with Crippen molar-refractivity contribution in [1.82, 2.24) is 5.32 Å². The summed E-state index contributed by atoms with van der Waals surface area (Å²) < 4.78 is 0. The molecule has 1 aliphatic rings. The van der Waals surface area contributed by atoms with Crippen LogP contribution in [0.1, 0.15) is 65.7 Å². The van der Waals surface area contributed by atoms with Crippen LogP contribution in [0.4, 0.5) is 0 Å². The molecule has 1 N–H and O–H groups in total. The Morgan fingerprint density at radius 3 is 2.59 bits per heavy atom. The predicted molar refractivity (Wildman–Crippen MR) is 72.7 cm³/mol. The molecule has 0 amide bonds. The van der Waals surface area contributed by atoms with Gasteiger partial charge in [0.1, 0.15) is 0 Å². The lowest BCUT2D eigenvalue weighted by molar-refractivity contribution is 0.401. The van der Waals surface area contributed by atoms with Gasteiger partial charge in [0.2, 0.25) is 0 Å². The monoisotopic (exact) mass is 236 g/mol. The van der Waals surface area contributed by atoms with E-state index in [0.29, 0.717) is 0 Å². The normalized spacial score (nSPS) is 17.8. The fourth-order valence-electron chi connectivity index (χ4n) is 2.20. The first kappa shape index (κ1) is 14.5. The SMILES string of the molecule is CCC(CC1CC1)NCCCCC(C)(C)C#N. The molecule has 0 aromatic rings. The van der Waals surface area contributed by atoms with Gasteiger partial charge in [-0.15, -0.1) is 0 Å². The Bertz CT molecular complexity index is 248. The minimum Gasteiger partial charge on any atom is -0.314 e. The molecule has 0 aliphatic heterocycles. The van der Waals surface area contributed by atoms with Crippen LogP contribution >= 0.6 is 0 Å². The fourth-order valence-corrected chi connectivity index (χ4v) is 2.20. The van der Waals surface area contributed by atoms with E-state index in [1.807, 2.05) is 13.8 Å². The van der Waals surface area contributed by atoms with Crippen LogP contribution in [-0.4, -0.2) is 12.6 Å². The molecule has 0 radical (unpaired) electrons. The van der Waals surface area contributed by atoms with Crippen molar-refractivity contribution in [3.05, 3.63) is 0 Å². The molecule has 1 fully saturated rings. The van der Waals surface area contributed by atoms with Crippen molar-refractivity contribution in [3.8, 4) is 6.07 Å². The smallest absolute Gasteiger partial charge is 0.0683 e. The van der Waals surface area contributed by atoms with E-state index in [2.05, 4.69) is 18.3 Å². The Hall–Kier alpha value is -0.550. The minimum absolute atomic E-state index is 0.141. The predicted octanol–water partition coefficient (Wildman–Crippen LogP) is 3.87. The highest BCUT2D eigenvalue weighted by Gasteiger charge is 2.24. The molecule has 0 bridgehead atoms. The van der Waals surface area contributed by atoms with Gasteiger partial charge in [-0.25, -0.2) is 0 Å². The maximum Gasteiger partial charge on any atom is 0.0683 e. The molecule has 1 aliphatic carbocycles. The summed E-state index contributed by atoms with van der Waals surface area (Å²) in [7, 11) is 0. The van der Waals surface area contributed by atoms with Crippen molar-refractivity contribution in [2.45, 2.75) is 71.8 Å². The second-order valence-corrected chi connectivity index (χ2v) is 6.19. The van der Waals surface area contributed by atoms with Gasteiger partial charge >= 0.3 is 0 Å². The van der Waals surface area contributed by atoms with E-state index in [-0.39, 0.29) is 5.41 Å². The molecule has 0 aromatic carbocycles. The average Bonchev–Trinajstić information content (AvgIpc) is 3.11. The van der Waals surface area contributed by atoms with Crippen LogP contribution < -0.4 is 5.32 Å². The molecule has 0 aromatic heterocycles. The lowest BCUT2D eigenvalue weighted by Gasteiger charge is -2.18. The largest absolute Gasteiger partial charge is 0.314 e. The van der Waals surface area contributed by atoms with Gasteiger partial charge in [0, 0.05) is 6.04 Å². The van der Waals surface area contributed by atoms with Crippen LogP contribution in [0.2, 0.25) is 0 Å². The van der Waals surface area contributed by atoms with Crippen LogP contribution in [0.3, 0.4) is 0 Å². The van der Waals surface area contributed by atoms with E-state index in [1.54, 1.807) is 0 Å². The third kappa shape index (κ3) is 6.68. The highest BCUT2D eigenvalue weighted by Crippen LogP contribution is 2.34. The highest BCUT2D eigenvalue weighted by molar-refractivity contribution is 4.91. The number of rotatable bonds is 9. The van der Waals surface area contributed by atoms with Gasteiger partial charge in [-0.3, -0.25) is 0 Å². The van der Waals surface area contributed by atoms with E-state index >= 15 is 0 Å². The molecule has 0 heterocycles. The first-order valence-electron chi connectivity index (χ1n) is 7.22. The maximum absolute atomic E-state index is 8.92. The standard InChI is InChI=1S/C15H28N2/c1-4-14(11-13-7-8-13)17-10-6-5-9-15(2,3)12-16/h13-14,17H,4-11H2,1-3H3. The summed E-state index contributed by atoms with van der Waals surface area (Å²) in [5.41, 5.74) is -0.141. The van der Waals surface area contributed by atoms with E-state index < -0.39 is 0 Å².